The summed E-state index contributed by atoms with van der Waals surface area (Å²) in [5.41, 5.74) is 0.551. The van der Waals surface area contributed by atoms with Gasteiger partial charge in [-0.05, 0) is 42.5 Å². The third kappa shape index (κ3) is 4.60. The lowest BCUT2D eigenvalue weighted by Gasteiger charge is -2.05. The fraction of sp³-hybridized carbons (Fsp3) is 0.111. The first-order valence-electron chi connectivity index (χ1n) is 7.42. The van der Waals surface area contributed by atoms with Crippen LogP contribution in [0.4, 0.5) is 5.69 Å². The highest BCUT2D eigenvalue weighted by Crippen LogP contribution is 2.19. The minimum absolute atomic E-state index is 0.199. The maximum Gasteiger partial charge on any atom is 0.291 e. The summed E-state index contributed by atoms with van der Waals surface area (Å²) in [4.78, 5) is 16.2. The standard InChI is InChI=1S/C18H15BrN2O4/c1-23-17-9-4-13(10-20-17)21-18(22)16-8-7-15(25-16)11-24-14-5-2-12(19)3-6-14/h2-10H,11H2,1H3,(H,21,22). The molecule has 0 saturated heterocycles. The summed E-state index contributed by atoms with van der Waals surface area (Å²) in [5.74, 6) is 1.59. The number of furan rings is 1. The average Bonchev–Trinajstić information content (AvgIpc) is 3.11. The van der Waals surface area contributed by atoms with Gasteiger partial charge < -0.3 is 19.2 Å². The number of ether oxygens (including phenoxy) is 2. The summed E-state index contributed by atoms with van der Waals surface area (Å²) < 4.78 is 17.1. The molecule has 0 radical (unpaired) electrons. The van der Waals surface area contributed by atoms with Crippen molar-refractivity contribution >= 4 is 27.5 Å². The van der Waals surface area contributed by atoms with Crippen LogP contribution < -0.4 is 14.8 Å². The molecule has 0 aliphatic heterocycles. The molecule has 0 atom stereocenters. The van der Waals surface area contributed by atoms with Gasteiger partial charge in [0.2, 0.25) is 5.88 Å². The minimum Gasteiger partial charge on any atom is -0.486 e. The summed E-state index contributed by atoms with van der Waals surface area (Å²) in [6.07, 6.45) is 1.51. The molecule has 2 heterocycles. The van der Waals surface area contributed by atoms with E-state index in [0.29, 0.717) is 17.3 Å². The Hall–Kier alpha value is -2.80. The van der Waals surface area contributed by atoms with E-state index in [1.807, 2.05) is 24.3 Å². The average molecular weight is 403 g/mol. The van der Waals surface area contributed by atoms with Gasteiger partial charge in [-0.25, -0.2) is 4.98 Å². The number of aromatic nitrogens is 1. The normalized spacial score (nSPS) is 10.3. The molecule has 3 rings (SSSR count). The van der Waals surface area contributed by atoms with Crippen molar-refractivity contribution in [3.05, 3.63) is 70.7 Å². The molecule has 0 unspecified atom stereocenters. The van der Waals surface area contributed by atoms with Crippen LogP contribution in [0.3, 0.4) is 0 Å². The Morgan fingerprint density at radius 3 is 2.64 bits per heavy atom. The van der Waals surface area contributed by atoms with Crippen LogP contribution in [0.25, 0.3) is 0 Å². The number of halogens is 1. The van der Waals surface area contributed by atoms with Crippen molar-refractivity contribution in [2.24, 2.45) is 0 Å². The second-order valence-electron chi connectivity index (χ2n) is 5.05. The fourth-order valence-electron chi connectivity index (χ4n) is 2.03. The van der Waals surface area contributed by atoms with Gasteiger partial charge in [0.1, 0.15) is 18.1 Å². The van der Waals surface area contributed by atoms with Crippen LogP contribution in [0.15, 0.2) is 63.6 Å². The molecule has 0 bridgehead atoms. The summed E-state index contributed by atoms with van der Waals surface area (Å²) in [6.45, 7) is 0.235. The van der Waals surface area contributed by atoms with Crippen LogP contribution in [0.2, 0.25) is 0 Å². The maximum atomic E-state index is 12.2. The van der Waals surface area contributed by atoms with Gasteiger partial charge >= 0.3 is 0 Å². The van der Waals surface area contributed by atoms with Crippen LogP contribution in [0.1, 0.15) is 16.3 Å². The molecule has 0 fully saturated rings. The van der Waals surface area contributed by atoms with Crippen molar-refractivity contribution in [2.45, 2.75) is 6.61 Å². The fourth-order valence-corrected chi connectivity index (χ4v) is 2.29. The van der Waals surface area contributed by atoms with E-state index in [9.17, 15) is 4.79 Å². The van der Waals surface area contributed by atoms with Gasteiger partial charge in [-0.15, -0.1) is 0 Å². The van der Waals surface area contributed by atoms with E-state index < -0.39 is 0 Å². The number of amides is 1. The SMILES string of the molecule is COc1ccc(NC(=O)c2ccc(COc3ccc(Br)cc3)o2)cn1. The Labute approximate surface area is 152 Å². The van der Waals surface area contributed by atoms with Gasteiger partial charge in [0.05, 0.1) is 19.0 Å². The molecule has 0 aliphatic carbocycles. The predicted octanol–water partition coefficient (Wildman–Crippen LogP) is 4.28. The number of carbonyl (C=O) groups is 1. The number of carbonyl (C=O) groups excluding carboxylic acids is 1. The zero-order valence-electron chi connectivity index (χ0n) is 13.4. The van der Waals surface area contributed by atoms with Gasteiger partial charge in [-0.3, -0.25) is 4.79 Å². The summed E-state index contributed by atoms with van der Waals surface area (Å²) in [5, 5.41) is 2.71. The number of anilines is 1. The highest BCUT2D eigenvalue weighted by Gasteiger charge is 2.12. The number of pyridine rings is 1. The number of methoxy groups -OCH3 is 1. The summed E-state index contributed by atoms with van der Waals surface area (Å²) in [7, 11) is 1.53. The largest absolute Gasteiger partial charge is 0.486 e. The molecular weight excluding hydrogens is 388 g/mol. The first-order valence-corrected chi connectivity index (χ1v) is 8.22. The topological polar surface area (TPSA) is 73.6 Å². The Morgan fingerprint density at radius 1 is 1.16 bits per heavy atom. The molecular formula is C18H15BrN2O4. The molecule has 0 saturated carbocycles. The highest BCUT2D eigenvalue weighted by atomic mass is 79.9. The molecule has 0 spiro atoms. The quantitative estimate of drug-likeness (QED) is 0.665. The van der Waals surface area contributed by atoms with E-state index in [1.54, 1.807) is 24.3 Å². The van der Waals surface area contributed by atoms with E-state index in [-0.39, 0.29) is 18.3 Å². The molecule has 3 aromatic rings. The highest BCUT2D eigenvalue weighted by molar-refractivity contribution is 9.10. The third-order valence-corrected chi connectivity index (χ3v) is 3.81. The lowest BCUT2D eigenvalue weighted by Crippen LogP contribution is -2.11. The Morgan fingerprint density at radius 2 is 1.96 bits per heavy atom. The van der Waals surface area contributed by atoms with Crippen molar-refractivity contribution in [2.75, 3.05) is 12.4 Å². The minimum atomic E-state index is -0.359. The smallest absolute Gasteiger partial charge is 0.291 e. The van der Waals surface area contributed by atoms with E-state index in [1.165, 1.54) is 13.3 Å². The number of rotatable bonds is 6. The first-order chi connectivity index (χ1) is 12.1. The van der Waals surface area contributed by atoms with Crippen molar-refractivity contribution in [1.29, 1.82) is 0 Å². The second kappa shape index (κ2) is 7.85. The Balaban J connectivity index is 1.58. The van der Waals surface area contributed by atoms with Gasteiger partial charge in [-0.1, -0.05) is 15.9 Å². The lowest BCUT2D eigenvalue weighted by molar-refractivity contribution is 0.0992. The molecule has 7 heteroatoms. The molecule has 2 aromatic heterocycles. The monoisotopic (exact) mass is 402 g/mol. The van der Waals surface area contributed by atoms with E-state index in [0.717, 1.165) is 10.2 Å². The maximum absolute atomic E-state index is 12.2. The molecule has 128 valence electrons. The molecule has 1 N–H and O–H groups in total. The van der Waals surface area contributed by atoms with Gasteiger partial charge in [0.15, 0.2) is 5.76 Å². The first kappa shape index (κ1) is 17.0. The van der Waals surface area contributed by atoms with Gasteiger partial charge in [-0.2, -0.15) is 0 Å². The van der Waals surface area contributed by atoms with Crippen molar-refractivity contribution in [1.82, 2.24) is 4.98 Å². The molecule has 1 aromatic carbocycles. The summed E-state index contributed by atoms with van der Waals surface area (Å²) >= 11 is 3.37. The zero-order chi connectivity index (χ0) is 17.6. The number of hydrogen-bond acceptors (Lipinski definition) is 5. The van der Waals surface area contributed by atoms with Gasteiger partial charge in [0.25, 0.3) is 5.91 Å². The van der Waals surface area contributed by atoms with Crippen molar-refractivity contribution < 1.29 is 18.7 Å². The van der Waals surface area contributed by atoms with Crippen LogP contribution >= 0.6 is 15.9 Å². The Bertz CT molecular complexity index is 844. The van der Waals surface area contributed by atoms with E-state index in [2.05, 4.69) is 26.2 Å². The number of benzene rings is 1. The number of nitrogens with zero attached hydrogens (tertiary/aromatic N) is 1. The number of hydrogen-bond donors (Lipinski definition) is 1. The second-order valence-corrected chi connectivity index (χ2v) is 5.97. The molecule has 25 heavy (non-hydrogen) atoms. The van der Waals surface area contributed by atoms with Crippen LogP contribution in [-0.4, -0.2) is 18.0 Å². The molecule has 6 nitrogen and oxygen atoms in total. The number of nitrogens with one attached hydrogen (secondary N) is 1. The zero-order valence-corrected chi connectivity index (χ0v) is 14.9. The third-order valence-electron chi connectivity index (χ3n) is 3.28. The van der Waals surface area contributed by atoms with Crippen molar-refractivity contribution in [3.63, 3.8) is 0 Å². The summed E-state index contributed by atoms with van der Waals surface area (Å²) in [6, 6.07) is 14.1. The predicted molar refractivity (Wildman–Crippen MR) is 95.9 cm³/mol. The Kier molecular flexibility index (Phi) is 5.35. The van der Waals surface area contributed by atoms with E-state index >= 15 is 0 Å². The van der Waals surface area contributed by atoms with Crippen LogP contribution in [0.5, 0.6) is 11.6 Å². The van der Waals surface area contributed by atoms with Crippen molar-refractivity contribution in [3.8, 4) is 11.6 Å². The molecule has 1 amide bonds. The molecule has 0 aliphatic rings. The van der Waals surface area contributed by atoms with Gasteiger partial charge in [0, 0.05) is 10.5 Å². The lowest BCUT2D eigenvalue weighted by atomic mass is 10.3. The van der Waals surface area contributed by atoms with Crippen LogP contribution in [0, 0.1) is 0 Å². The van der Waals surface area contributed by atoms with Crippen LogP contribution in [-0.2, 0) is 6.61 Å². The van der Waals surface area contributed by atoms with E-state index in [4.69, 9.17) is 13.9 Å².